The molecule has 5 nitrogen and oxygen atoms in total. The largest absolute Gasteiger partial charge is 0.336 e. The number of rotatable bonds is 4. The minimum absolute atomic E-state index is 0.0252. The maximum absolute atomic E-state index is 12.8. The molecule has 1 aromatic rings. The molecule has 0 radical (unpaired) electrons. The molecular formula is C20H29N3O2. The van der Waals surface area contributed by atoms with Crippen molar-refractivity contribution in [3.63, 3.8) is 0 Å². The summed E-state index contributed by atoms with van der Waals surface area (Å²) in [6.45, 7) is 3.41. The van der Waals surface area contributed by atoms with E-state index in [4.69, 9.17) is 5.73 Å². The van der Waals surface area contributed by atoms with Crippen LogP contribution in [0.1, 0.15) is 55.8 Å². The molecule has 2 fully saturated rings. The molecule has 1 aromatic carbocycles. The number of carbonyl (C=O) groups is 2. The Morgan fingerprint density at radius 2 is 2.00 bits per heavy atom. The van der Waals surface area contributed by atoms with Gasteiger partial charge in [0.1, 0.15) is 0 Å². The number of hydrogen-bond donors (Lipinski definition) is 2. The second-order valence-corrected chi connectivity index (χ2v) is 7.55. The molecule has 1 heterocycles. The molecule has 0 aromatic heterocycles. The van der Waals surface area contributed by atoms with Gasteiger partial charge < -0.3 is 16.0 Å². The first-order valence-electron chi connectivity index (χ1n) is 9.50. The first-order chi connectivity index (χ1) is 12.1. The van der Waals surface area contributed by atoms with E-state index in [0.717, 1.165) is 38.6 Å². The van der Waals surface area contributed by atoms with Gasteiger partial charge in [-0.05, 0) is 56.8 Å². The van der Waals surface area contributed by atoms with Crippen molar-refractivity contribution in [3.05, 3.63) is 29.8 Å². The van der Waals surface area contributed by atoms with Crippen molar-refractivity contribution in [2.24, 2.45) is 17.6 Å². The first-order valence-corrected chi connectivity index (χ1v) is 9.50. The zero-order valence-corrected chi connectivity index (χ0v) is 15.0. The number of amides is 2. The highest BCUT2D eigenvalue weighted by Gasteiger charge is 2.32. The van der Waals surface area contributed by atoms with Gasteiger partial charge in [-0.1, -0.05) is 25.3 Å². The van der Waals surface area contributed by atoms with E-state index in [0.29, 0.717) is 23.7 Å². The average molecular weight is 343 g/mol. The zero-order chi connectivity index (χ0) is 17.8. The summed E-state index contributed by atoms with van der Waals surface area (Å²) >= 11 is 0. The number of hydrogen-bond acceptors (Lipinski definition) is 3. The normalized spacial score (nSPS) is 24.3. The van der Waals surface area contributed by atoms with E-state index < -0.39 is 0 Å². The highest BCUT2D eigenvalue weighted by molar-refractivity contribution is 5.98. The number of nitrogens with zero attached hydrogens (tertiary/aromatic N) is 1. The third-order valence-electron chi connectivity index (χ3n) is 5.61. The summed E-state index contributed by atoms with van der Waals surface area (Å²) in [5, 5.41) is 3.00. The fraction of sp³-hybridized carbons (Fsp3) is 0.600. The van der Waals surface area contributed by atoms with Crippen LogP contribution >= 0.6 is 0 Å². The molecule has 3 N–H and O–H groups in total. The molecule has 2 unspecified atom stereocenters. The number of nitrogens with one attached hydrogen (secondary N) is 1. The van der Waals surface area contributed by atoms with E-state index in [-0.39, 0.29) is 23.8 Å². The Balaban J connectivity index is 1.66. The molecule has 0 spiro atoms. The van der Waals surface area contributed by atoms with Crippen molar-refractivity contribution in [1.29, 1.82) is 0 Å². The monoisotopic (exact) mass is 343 g/mol. The lowest BCUT2D eigenvalue weighted by Gasteiger charge is -2.23. The van der Waals surface area contributed by atoms with E-state index in [1.54, 1.807) is 6.07 Å². The van der Waals surface area contributed by atoms with Crippen LogP contribution in [0.2, 0.25) is 0 Å². The molecule has 2 amide bonds. The molecule has 0 bridgehead atoms. The summed E-state index contributed by atoms with van der Waals surface area (Å²) in [5.74, 6) is 0.601. The van der Waals surface area contributed by atoms with E-state index in [1.807, 2.05) is 23.1 Å². The Kier molecular flexibility index (Phi) is 5.74. The number of nitrogens with two attached hydrogens (primary N) is 1. The molecule has 5 heteroatoms. The third kappa shape index (κ3) is 4.21. The van der Waals surface area contributed by atoms with Crippen LogP contribution < -0.4 is 11.1 Å². The van der Waals surface area contributed by atoms with Crippen LogP contribution in [0.5, 0.6) is 0 Å². The quantitative estimate of drug-likeness (QED) is 0.882. The highest BCUT2D eigenvalue weighted by Crippen LogP contribution is 2.27. The summed E-state index contributed by atoms with van der Waals surface area (Å²) in [4.78, 5) is 27.2. The van der Waals surface area contributed by atoms with Crippen molar-refractivity contribution in [3.8, 4) is 0 Å². The molecular weight excluding hydrogens is 314 g/mol. The smallest absolute Gasteiger partial charge is 0.254 e. The van der Waals surface area contributed by atoms with Crippen molar-refractivity contribution >= 4 is 17.5 Å². The van der Waals surface area contributed by atoms with Crippen LogP contribution in [-0.4, -0.2) is 35.8 Å². The zero-order valence-electron chi connectivity index (χ0n) is 15.0. The number of benzene rings is 1. The maximum atomic E-state index is 12.8. The van der Waals surface area contributed by atoms with E-state index in [2.05, 4.69) is 12.2 Å². The minimum atomic E-state index is 0.0252. The van der Waals surface area contributed by atoms with Crippen LogP contribution in [0.3, 0.4) is 0 Å². The molecule has 1 aliphatic carbocycles. The Morgan fingerprint density at radius 1 is 1.24 bits per heavy atom. The van der Waals surface area contributed by atoms with Gasteiger partial charge in [0.05, 0.1) is 0 Å². The Morgan fingerprint density at radius 3 is 2.68 bits per heavy atom. The second kappa shape index (κ2) is 8.00. The number of likely N-dealkylation sites (tertiary alicyclic amines) is 1. The first kappa shape index (κ1) is 17.9. The Bertz CT molecular complexity index is 625. The third-order valence-corrected chi connectivity index (χ3v) is 5.61. The van der Waals surface area contributed by atoms with Gasteiger partial charge in [0.2, 0.25) is 5.91 Å². The summed E-state index contributed by atoms with van der Waals surface area (Å²) in [5.41, 5.74) is 7.10. The van der Waals surface area contributed by atoms with Crippen LogP contribution in [0.4, 0.5) is 5.69 Å². The molecule has 1 saturated heterocycles. The standard InChI is InChI=1S/C20H29N3O2/c1-14-10-15(12-21)13-23(14)20(25)17-8-5-9-18(11-17)22-19(24)16-6-3-2-4-7-16/h5,8-9,11,14-16H,2-4,6-7,10,12-13,21H2,1H3,(H,22,24). The highest BCUT2D eigenvalue weighted by atomic mass is 16.2. The molecule has 2 aliphatic rings. The van der Waals surface area contributed by atoms with Gasteiger partial charge in [-0.2, -0.15) is 0 Å². The predicted octanol–water partition coefficient (Wildman–Crippen LogP) is 3.01. The lowest BCUT2D eigenvalue weighted by Crippen LogP contribution is -2.34. The van der Waals surface area contributed by atoms with Crippen molar-refractivity contribution in [2.45, 2.75) is 51.5 Å². The molecule has 2 atom stereocenters. The van der Waals surface area contributed by atoms with Gasteiger partial charge in [-0.3, -0.25) is 9.59 Å². The van der Waals surface area contributed by atoms with Gasteiger partial charge in [-0.15, -0.1) is 0 Å². The van der Waals surface area contributed by atoms with Gasteiger partial charge >= 0.3 is 0 Å². The molecule has 25 heavy (non-hydrogen) atoms. The van der Waals surface area contributed by atoms with Gasteiger partial charge in [0, 0.05) is 29.8 Å². The Labute approximate surface area is 150 Å². The maximum Gasteiger partial charge on any atom is 0.254 e. The SMILES string of the molecule is CC1CC(CN)CN1C(=O)c1cccc(NC(=O)C2CCCCC2)c1. The van der Waals surface area contributed by atoms with Crippen LogP contribution in [0.15, 0.2) is 24.3 Å². The van der Waals surface area contributed by atoms with Gasteiger partial charge in [-0.25, -0.2) is 0 Å². The van der Waals surface area contributed by atoms with E-state index >= 15 is 0 Å². The van der Waals surface area contributed by atoms with Gasteiger partial charge in [0.25, 0.3) is 5.91 Å². The molecule has 136 valence electrons. The average Bonchev–Trinajstić information content (AvgIpc) is 3.03. The van der Waals surface area contributed by atoms with Crippen LogP contribution in [0, 0.1) is 11.8 Å². The van der Waals surface area contributed by atoms with Crippen LogP contribution in [0.25, 0.3) is 0 Å². The Hall–Kier alpha value is -1.88. The summed E-state index contributed by atoms with van der Waals surface area (Å²) in [7, 11) is 0. The number of anilines is 1. The predicted molar refractivity (Wildman–Crippen MR) is 99.3 cm³/mol. The number of carbonyl (C=O) groups excluding carboxylic acids is 2. The van der Waals surface area contributed by atoms with E-state index in [9.17, 15) is 9.59 Å². The molecule has 1 saturated carbocycles. The summed E-state index contributed by atoms with van der Waals surface area (Å²) in [6, 6.07) is 7.52. The minimum Gasteiger partial charge on any atom is -0.336 e. The lowest BCUT2D eigenvalue weighted by molar-refractivity contribution is -0.120. The van der Waals surface area contributed by atoms with Crippen molar-refractivity contribution in [2.75, 3.05) is 18.4 Å². The van der Waals surface area contributed by atoms with Crippen LogP contribution in [-0.2, 0) is 4.79 Å². The molecule has 1 aliphatic heterocycles. The second-order valence-electron chi connectivity index (χ2n) is 7.55. The fourth-order valence-corrected chi connectivity index (χ4v) is 4.10. The lowest BCUT2D eigenvalue weighted by atomic mass is 9.88. The van der Waals surface area contributed by atoms with Crippen molar-refractivity contribution in [1.82, 2.24) is 4.90 Å². The van der Waals surface area contributed by atoms with E-state index in [1.165, 1.54) is 6.42 Å². The fourth-order valence-electron chi connectivity index (χ4n) is 4.10. The molecule has 3 rings (SSSR count). The van der Waals surface area contributed by atoms with Gasteiger partial charge in [0.15, 0.2) is 0 Å². The summed E-state index contributed by atoms with van der Waals surface area (Å²) in [6.07, 6.45) is 6.38. The summed E-state index contributed by atoms with van der Waals surface area (Å²) < 4.78 is 0. The van der Waals surface area contributed by atoms with Crippen molar-refractivity contribution < 1.29 is 9.59 Å². The topological polar surface area (TPSA) is 75.4 Å².